The number of anilines is 1. The first-order valence-corrected chi connectivity index (χ1v) is 7.74. The molecule has 2 unspecified atom stereocenters. The van der Waals surface area contributed by atoms with E-state index >= 15 is 0 Å². The van der Waals surface area contributed by atoms with Gasteiger partial charge in [0.05, 0.1) is 5.56 Å². The molecule has 1 fully saturated rings. The van der Waals surface area contributed by atoms with Crippen LogP contribution >= 0.6 is 0 Å². The molecule has 4 nitrogen and oxygen atoms in total. The molecule has 1 N–H and O–H groups in total. The van der Waals surface area contributed by atoms with Crippen LogP contribution in [0.15, 0.2) is 0 Å². The second kappa shape index (κ2) is 6.42. The van der Waals surface area contributed by atoms with Gasteiger partial charge in [-0.3, -0.25) is 0 Å². The SMILES string of the molecule is CNc1nc(C(C)C)nc(OC2CCCC(C)C2)c1C. The number of rotatable bonds is 4. The highest BCUT2D eigenvalue weighted by atomic mass is 16.5. The summed E-state index contributed by atoms with van der Waals surface area (Å²) < 4.78 is 6.20. The second-order valence-electron chi connectivity index (χ2n) is 6.28. The van der Waals surface area contributed by atoms with Gasteiger partial charge in [0.25, 0.3) is 0 Å². The molecule has 1 heterocycles. The number of hydrogen-bond acceptors (Lipinski definition) is 4. The van der Waals surface area contributed by atoms with E-state index in [1.165, 1.54) is 12.8 Å². The number of nitrogens with one attached hydrogen (secondary N) is 1. The van der Waals surface area contributed by atoms with Crippen molar-refractivity contribution in [3.05, 3.63) is 11.4 Å². The van der Waals surface area contributed by atoms with Crippen LogP contribution in [0.25, 0.3) is 0 Å². The van der Waals surface area contributed by atoms with Crippen LogP contribution < -0.4 is 10.1 Å². The molecule has 112 valence electrons. The lowest BCUT2D eigenvalue weighted by Gasteiger charge is -2.28. The minimum atomic E-state index is 0.301. The minimum absolute atomic E-state index is 0.301. The van der Waals surface area contributed by atoms with Crippen molar-refractivity contribution in [2.24, 2.45) is 5.92 Å². The molecule has 0 bridgehead atoms. The van der Waals surface area contributed by atoms with Crippen LogP contribution in [-0.4, -0.2) is 23.1 Å². The predicted molar refractivity (Wildman–Crippen MR) is 82.5 cm³/mol. The van der Waals surface area contributed by atoms with Crippen LogP contribution in [0, 0.1) is 12.8 Å². The molecule has 2 atom stereocenters. The molecule has 0 saturated heterocycles. The molecule has 0 spiro atoms. The average molecular weight is 277 g/mol. The fourth-order valence-electron chi connectivity index (χ4n) is 2.77. The maximum absolute atomic E-state index is 6.20. The quantitative estimate of drug-likeness (QED) is 0.906. The summed E-state index contributed by atoms with van der Waals surface area (Å²) in [6.07, 6.45) is 5.15. The standard InChI is InChI=1S/C16H27N3O/c1-10(2)14-18-15(17-5)12(4)16(19-14)20-13-8-6-7-11(3)9-13/h10-11,13H,6-9H2,1-5H3,(H,17,18,19). The van der Waals surface area contributed by atoms with Crippen molar-refractivity contribution in [3.63, 3.8) is 0 Å². The summed E-state index contributed by atoms with van der Waals surface area (Å²) in [5.74, 6) is 3.54. The zero-order chi connectivity index (χ0) is 14.7. The van der Waals surface area contributed by atoms with Gasteiger partial charge < -0.3 is 10.1 Å². The molecule has 0 aromatic carbocycles. The van der Waals surface area contributed by atoms with Crippen molar-refractivity contribution < 1.29 is 4.74 Å². The molecule has 0 radical (unpaired) electrons. The highest BCUT2D eigenvalue weighted by molar-refractivity contribution is 5.48. The number of aromatic nitrogens is 2. The van der Waals surface area contributed by atoms with Gasteiger partial charge in [-0.1, -0.05) is 27.2 Å². The van der Waals surface area contributed by atoms with Gasteiger partial charge in [0, 0.05) is 13.0 Å². The van der Waals surface area contributed by atoms with E-state index in [2.05, 4.69) is 36.1 Å². The van der Waals surface area contributed by atoms with Crippen LogP contribution in [-0.2, 0) is 0 Å². The Labute approximate surface area is 122 Å². The average Bonchev–Trinajstić information content (AvgIpc) is 2.41. The highest BCUT2D eigenvalue weighted by Gasteiger charge is 2.22. The van der Waals surface area contributed by atoms with Crippen molar-refractivity contribution >= 4 is 5.82 Å². The fraction of sp³-hybridized carbons (Fsp3) is 0.750. The maximum atomic E-state index is 6.20. The smallest absolute Gasteiger partial charge is 0.222 e. The van der Waals surface area contributed by atoms with Crippen molar-refractivity contribution in [3.8, 4) is 5.88 Å². The van der Waals surface area contributed by atoms with Gasteiger partial charge in [0.15, 0.2) is 0 Å². The third-order valence-corrected chi connectivity index (χ3v) is 4.04. The van der Waals surface area contributed by atoms with Crippen molar-refractivity contribution in [1.82, 2.24) is 9.97 Å². The lowest BCUT2D eigenvalue weighted by molar-refractivity contribution is 0.122. The first-order chi connectivity index (χ1) is 9.51. The van der Waals surface area contributed by atoms with E-state index in [0.717, 1.165) is 41.8 Å². The van der Waals surface area contributed by atoms with Crippen LogP contribution in [0.5, 0.6) is 5.88 Å². The summed E-state index contributed by atoms with van der Waals surface area (Å²) in [7, 11) is 1.89. The van der Waals surface area contributed by atoms with Crippen LogP contribution in [0.1, 0.15) is 63.8 Å². The first kappa shape index (κ1) is 15.1. The van der Waals surface area contributed by atoms with Gasteiger partial charge in [-0.2, -0.15) is 4.98 Å². The van der Waals surface area contributed by atoms with E-state index in [9.17, 15) is 0 Å². The largest absolute Gasteiger partial charge is 0.474 e. The Morgan fingerprint density at radius 3 is 2.60 bits per heavy atom. The van der Waals surface area contributed by atoms with Gasteiger partial charge in [-0.15, -0.1) is 0 Å². The lowest BCUT2D eigenvalue weighted by atomic mass is 9.89. The Morgan fingerprint density at radius 1 is 1.25 bits per heavy atom. The van der Waals surface area contributed by atoms with Gasteiger partial charge in [0.2, 0.25) is 5.88 Å². The molecule has 1 aliphatic carbocycles. The molecule has 1 aromatic rings. The summed E-state index contributed by atoms with van der Waals surface area (Å²) in [5, 5.41) is 3.15. The molecule has 2 rings (SSSR count). The Balaban J connectivity index is 2.23. The van der Waals surface area contributed by atoms with Crippen molar-refractivity contribution in [1.29, 1.82) is 0 Å². The predicted octanol–water partition coefficient (Wildman–Crippen LogP) is 3.91. The van der Waals surface area contributed by atoms with E-state index < -0.39 is 0 Å². The Kier molecular flexibility index (Phi) is 4.84. The number of ether oxygens (including phenoxy) is 1. The first-order valence-electron chi connectivity index (χ1n) is 7.74. The molecule has 1 saturated carbocycles. The van der Waals surface area contributed by atoms with E-state index in [-0.39, 0.29) is 0 Å². The Hall–Kier alpha value is -1.32. The zero-order valence-electron chi connectivity index (χ0n) is 13.4. The third-order valence-electron chi connectivity index (χ3n) is 4.04. The summed E-state index contributed by atoms with van der Waals surface area (Å²) in [6, 6.07) is 0. The molecular formula is C16H27N3O. The van der Waals surface area contributed by atoms with E-state index in [1.807, 2.05) is 14.0 Å². The fourth-order valence-corrected chi connectivity index (χ4v) is 2.77. The molecule has 0 amide bonds. The molecule has 1 aromatic heterocycles. The Morgan fingerprint density at radius 2 is 2.00 bits per heavy atom. The summed E-state index contributed by atoms with van der Waals surface area (Å²) in [5.41, 5.74) is 1.01. The molecule has 4 heteroatoms. The van der Waals surface area contributed by atoms with E-state index in [1.54, 1.807) is 0 Å². The van der Waals surface area contributed by atoms with Crippen molar-refractivity contribution in [2.75, 3.05) is 12.4 Å². The summed E-state index contributed by atoms with van der Waals surface area (Å²) in [4.78, 5) is 9.18. The molecule has 1 aliphatic rings. The molecule has 20 heavy (non-hydrogen) atoms. The highest BCUT2D eigenvalue weighted by Crippen LogP contribution is 2.30. The summed E-state index contributed by atoms with van der Waals surface area (Å²) in [6.45, 7) is 8.55. The molecular weight excluding hydrogens is 250 g/mol. The molecule has 0 aliphatic heterocycles. The number of hydrogen-bond donors (Lipinski definition) is 1. The normalized spacial score (nSPS) is 22.9. The van der Waals surface area contributed by atoms with Crippen LogP contribution in [0.3, 0.4) is 0 Å². The lowest BCUT2D eigenvalue weighted by Crippen LogP contribution is -2.25. The third kappa shape index (κ3) is 3.41. The minimum Gasteiger partial charge on any atom is -0.474 e. The van der Waals surface area contributed by atoms with Gasteiger partial charge in [-0.25, -0.2) is 4.98 Å². The number of nitrogens with zero attached hydrogens (tertiary/aromatic N) is 2. The van der Waals surface area contributed by atoms with E-state index in [0.29, 0.717) is 12.0 Å². The second-order valence-corrected chi connectivity index (χ2v) is 6.28. The monoisotopic (exact) mass is 277 g/mol. The zero-order valence-corrected chi connectivity index (χ0v) is 13.4. The van der Waals surface area contributed by atoms with Gasteiger partial charge in [0.1, 0.15) is 17.7 Å². The Bertz CT molecular complexity index is 459. The maximum Gasteiger partial charge on any atom is 0.222 e. The summed E-state index contributed by atoms with van der Waals surface area (Å²) >= 11 is 0. The van der Waals surface area contributed by atoms with Gasteiger partial charge in [-0.05, 0) is 32.1 Å². The van der Waals surface area contributed by atoms with Crippen LogP contribution in [0.2, 0.25) is 0 Å². The van der Waals surface area contributed by atoms with Crippen LogP contribution in [0.4, 0.5) is 5.82 Å². The topological polar surface area (TPSA) is 47.0 Å². The van der Waals surface area contributed by atoms with Gasteiger partial charge >= 0.3 is 0 Å². The van der Waals surface area contributed by atoms with E-state index in [4.69, 9.17) is 4.74 Å². The van der Waals surface area contributed by atoms with Crippen molar-refractivity contribution in [2.45, 2.75) is 65.4 Å².